The molecule has 4 rings (SSSR count). The smallest absolute Gasteiger partial charge is 0.252 e. The first-order valence-corrected chi connectivity index (χ1v) is 12.4. The van der Waals surface area contributed by atoms with Crippen molar-refractivity contribution < 1.29 is 13.2 Å². The minimum Gasteiger partial charge on any atom is -0.341 e. The molecular formula is C19H29N3O3S2. The van der Waals surface area contributed by atoms with Gasteiger partial charge in [0.25, 0.3) is 10.0 Å². The van der Waals surface area contributed by atoms with Crippen LogP contribution >= 0.6 is 11.3 Å². The van der Waals surface area contributed by atoms with Gasteiger partial charge in [0.2, 0.25) is 5.91 Å². The van der Waals surface area contributed by atoms with Crippen molar-refractivity contribution in [1.82, 2.24) is 14.1 Å². The lowest BCUT2D eigenvalue weighted by atomic mass is 10.2. The summed E-state index contributed by atoms with van der Waals surface area (Å²) in [7, 11) is -3.40. The molecule has 0 radical (unpaired) electrons. The monoisotopic (exact) mass is 411 g/mol. The summed E-state index contributed by atoms with van der Waals surface area (Å²) in [5, 5.41) is 0. The highest BCUT2D eigenvalue weighted by Gasteiger charge is 2.32. The Morgan fingerprint density at radius 3 is 2.44 bits per heavy atom. The van der Waals surface area contributed by atoms with E-state index in [1.807, 2.05) is 11.0 Å². The van der Waals surface area contributed by atoms with Crippen molar-refractivity contribution in [3.8, 4) is 0 Å². The molecule has 3 aliphatic rings. The first-order valence-electron chi connectivity index (χ1n) is 10.1. The number of piperidine rings is 1. The number of rotatable bonds is 5. The van der Waals surface area contributed by atoms with Crippen LogP contribution in [0, 0.1) is 0 Å². The van der Waals surface area contributed by atoms with Crippen LogP contribution in [-0.4, -0.2) is 73.7 Å². The van der Waals surface area contributed by atoms with Crippen molar-refractivity contribution in [2.45, 2.75) is 55.2 Å². The summed E-state index contributed by atoms with van der Waals surface area (Å²) in [5.41, 5.74) is 0. The number of amides is 1. The van der Waals surface area contributed by atoms with E-state index in [1.165, 1.54) is 24.2 Å². The highest BCUT2D eigenvalue weighted by Crippen LogP contribution is 2.28. The summed E-state index contributed by atoms with van der Waals surface area (Å²) < 4.78 is 27.5. The second kappa shape index (κ2) is 8.19. The van der Waals surface area contributed by atoms with Crippen LogP contribution in [0.5, 0.6) is 0 Å². The van der Waals surface area contributed by atoms with Crippen LogP contribution in [0.25, 0.3) is 0 Å². The maximum atomic E-state index is 12.8. The molecule has 0 N–H and O–H groups in total. The Hall–Kier alpha value is -0.960. The van der Waals surface area contributed by atoms with Gasteiger partial charge in [-0.25, -0.2) is 8.42 Å². The van der Waals surface area contributed by atoms with Gasteiger partial charge in [-0.2, -0.15) is 4.31 Å². The molecule has 8 heteroatoms. The molecule has 0 bridgehead atoms. The summed E-state index contributed by atoms with van der Waals surface area (Å²) in [4.78, 5) is 18.0. The van der Waals surface area contributed by atoms with Gasteiger partial charge in [-0.3, -0.25) is 9.69 Å². The molecule has 6 nitrogen and oxygen atoms in total. The normalized spacial score (nSPS) is 25.3. The minimum atomic E-state index is -3.40. The maximum Gasteiger partial charge on any atom is 0.252 e. The zero-order valence-electron chi connectivity index (χ0n) is 15.8. The van der Waals surface area contributed by atoms with Gasteiger partial charge in [0.1, 0.15) is 4.21 Å². The second-order valence-corrected chi connectivity index (χ2v) is 11.2. The standard InChI is InChI=1S/C19H29N3O3S2/c23-18(21-13-8-16(15-21)20-9-4-5-10-20)14-17-6-7-19(26-17)27(24,25)22-11-2-1-3-12-22/h6-7,16H,1-5,8-15H2. The highest BCUT2D eigenvalue weighted by atomic mass is 32.2. The molecule has 150 valence electrons. The van der Waals surface area contributed by atoms with Crippen LogP contribution in [0.2, 0.25) is 0 Å². The van der Waals surface area contributed by atoms with E-state index in [0.717, 1.165) is 56.7 Å². The van der Waals surface area contributed by atoms with Crippen molar-refractivity contribution in [2.75, 3.05) is 39.3 Å². The quantitative estimate of drug-likeness (QED) is 0.745. The zero-order chi connectivity index (χ0) is 18.9. The number of sulfonamides is 1. The maximum absolute atomic E-state index is 12.8. The third-order valence-electron chi connectivity index (χ3n) is 6.04. The lowest BCUT2D eigenvalue weighted by Gasteiger charge is -2.25. The SMILES string of the molecule is O=C(Cc1ccc(S(=O)(=O)N2CCCCC2)s1)N1CCC(N2CCCC2)C1. The van der Waals surface area contributed by atoms with E-state index < -0.39 is 10.0 Å². The molecule has 1 atom stereocenters. The van der Waals surface area contributed by atoms with Crippen LogP contribution in [-0.2, 0) is 21.2 Å². The summed E-state index contributed by atoms with van der Waals surface area (Å²) in [6.07, 6.45) is 6.89. The number of carbonyl (C=O) groups is 1. The van der Waals surface area contributed by atoms with Gasteiger partial charge in [0.15, 0.2) is 0 Å². The first-order chi connectivity index (χ1) is 13.0. The topological polar surface area (TPSA) is 60.9 Å². The molecule has 3 aliphatic heterocycles. The lowest BCUT2D eigenvalue weighted by molar-refractivity contribution is -0.129. The summed E-state index contributed by atoms with van der Waals surface area (Å²) in [6, 6.07) is 4.00. The van der Waals surface area contributed by atoms with Crippen molar-refractivity contribution in [3.63, 3.8) is 0 Å². The van der Waals surface area contributed by atoms with E-state index in [2.05, 4.69) is 4.90 Å². The molecule has 27 heavy (non-hydrogen) atoms. The molecule has 0 aliphatic carbocycles. The predicted octanol–water partition coefficient (Wildman–Crippen LogP) is 2.16. The molecule has 3 saturated heterocycles. The van der Waals surface area contributed by atoms with Crippen LogP contribution in [0.1, 0.15) is 43.4 Å². The largest absolute Gasteiger partial charge is 0.341 e. The Morgan fingerprint density at radius 1 is 1.00 bits per heavy atom. The Morgan fingerprint density at radius 2 is 1.70 bits per heavy atom. The fourth-order valence-corrected chi connectivity index (χ4v) is 7.48. The highest BCUT2D eigenvalue weighted by molar-refractivity contribution is 7.91. The average molecular weight is 412 g/mol. The summed E-state index contributed by atoms with van der Waals surface area (Å²) in [5.74, 6) is 0.125. The molecule has 1 unspecified atom stereocenters. The molecule has 4 heterocycles. The Bertz CT molecular complexity index is 765. The van der Waals surface area contributed by atoms with Gasteiger partial charge in [-0.05, 0) is 57.3 Å². The van der Waals surface area contributed by atoms with Gasteiger partial charge in [-0.15, -0.1) is 11.3 Å². The van der Waals surface area contributed by atoms with Gasteiger partial charge in [0.05, 0.1) is 6.42 Å². The Balaban J connectivity index is 1.35. The molecule has 0 aromatic carbocycles. The molecular weight excluding hydrogens is 382 g/mol. The van der Waals surface area contributed by atoms with Gasteiger partial charge in [-0.1, -0.05) is 6.42 Å². The van der Waals surface area contributed by atoms with E-state index in [4.69, 9.17) is 0 Å². The van der Waals surface area contributed by atoms with Crippen molar-refractivity contribution >= 4 is 27.3 Å². The fraction of sp³-hybridized carbons (Fsp3) is 0.737. The van der Waals surface area contributed by atoms with Gasteiger partial charge >= 0.3 is 0 Å². The average Bonchev–Trinajstić information content (AvgIpc) is 3.42. The number of nitrogens with zero attached hydrogens (tertiary/aromatic N) is 3. The van der Waals surface area contributed by atoms with Crippen LogP contribution in [0.15, 0.2) is 16.3 Å². The third kappa shape index (κ3) is 4.23. The van der Waals surface area contributed by atoms with Crippen molar-refractivity contribution in [3.05, 3.63) is 17.0 Å². The third-order valence-corrected chi connectivity index (χ3v) is 9.50. The van der Waals surface area contributed by atoms with E-state index >= 15 is 0 Å². The van der Waals surface area contributed by atoms with E-state index in [1.54, 1.807) is 10.4 Å². The molecule has 1 aromatic rings. The molecule has 3 fully saturated rings. The number of thiophene rings is 1. The molecule has 0 spiro atoms. The summed E-state index contributed by atoms with van der Waals surface area (Å²) in [6.45, 7) is 5.19. The van der Waals surface area contributed by atoms with E-state index in [0.29, 0.717) is 29.8 Å². The van der Waals surface area contributed by atoms with E-state index in [9.17, 15) is 13.2 Å². The lowest BCUT2D eigenvalue weighted by Crippen LogP contribution is -2.37. The van der Waals surface area contributed by atoms with Gasteiger partial charge < -0.3 is 4.90 Å². The first kappa shape index (κ1) is 19.4. The van der Waals surface area contributed by atoms with Crippen LogP contribution in [0.4, 0.5) is 0 Å². The molecule has 0 saturated carbocycles. The summed E-state index contributed by atoms with van der Waals surface area (Å²) >= 11 is 1.26. The number of carbonyl (C=O) groups excluding carboxylic acids is 1. The minimum absolute atomic E-state index is 0.125. The predicted molar refractivity (Wildman–Crippen MR) is 106 cm³/mol. The van der Waals surface area contributed by atoms with Crippen molar-refractivity contribution in [2.24, 2.45) is 0 Å². The number of hydrogen-bond acceptors (Lipinski definition) is 5. The Kier molecular flexibility index (Phi) is 5.87. The van der Waals surface area contributed by atoms with E-state index in [-0.39, 0.29) is 5.91 Å². The number of hydrogen-bond donors (Lipinski definition) is 0. The van der Waals surface area contributed by atoms with Crippen LogP contribution in [0.3, 0.4) is 0 Å². The fourth-order valence-electron chi connectivity index (χ4n) is 4.46. The number of likely N-dealkylation sites (tertiary alicyclic amines) is 2. The second-order valence-electron chi connectivity index (χ2n) is 7.89. The Labute approximate surface area is 166 Å². The van der Waals surface area contributed by atoms with Crippen molar-refractivity contribution in [1.29, 1.82) is 0 Å². The molecule has 1 aromatic heterocycles. The molecule has 1 amide bonds. The zero-order valence-corrected chi connectivity index (χ0v) is 17.4. The van der Waals surface area contributed by atoms with Crippen LogP contribution < -0.4 is 0 Å². The van der Waals surface area contributed by atoms with Gasteiger partial charge in [0, 0.05) is 37.1 Å².